The highest BCUT2D eigenvalue weighted by Crippen LogP contribution is 2.23. The van der Waals surface area contributed by atoms with Crippen LogP contribution in [-0.2, 0) is 4.79 Å². The Balaban J connectivity index is 3.12. The van der Waals surface area contributed by atoms with Crippen molar-refractivity contribution >= 4 is 17.5 Å². The van der Waals surface area contributed by atoms with Crippen LogP contribution in [0, 0.1) is 6.92 Å². The van der Waals surface area contributed by atoms with E-state index in [1.165, 1.54) is 0 Å². The molecule has 0 saturated heterocycles. The number of anilines is 2. The Morgan fingerprint density at radius 1 is 1.19 bits per heavy atom. The molecule has 0 saturated carbocycles. The molecule has 0 aliphatic rings. The van der Waals surface area contributed by atoms with E-state index in [1.54, 1.807) is 19.0 Å². The average Bonchev–Trinajstić information content (AvgIpc) is 2.41. The zero-order valence-corrected chi connectivity index (χ0v) is 14.1. The van der Waals surface area contributed by atoms with Crippen molar-refractivity contribution in [2.24, 2.45) is 0 Å². The van der Waals surface area contributed by atoms with Gasteiger partial charge in [0, 0.05) is 32.1 Å². The fraction of sp³-hybridized carbons (Fsp3) is 0.667. The number of likely N-dealkylation sites (N-methyl/N-ethyl adjacent to an activating group) is 1. The number of nitrogens with one attached hydrogen (secondary N) is 2. The molecular weight excluding hydrogens is 266 g/mol. The monoisotopic (exact) mass is 293 g/mol. The van der Waals surface area contributed by atoms with E-state index in [-0.39, 0.29) is 17.9 Å². The van der Waals surface area contributed by atoms with E-state index in [9.17, 15) is 4.79 Å². The van der Waals surface area contributed by atoms with Crippen LogP contribution in [0.15, 0.2) is 0 Å². The van der Waals surface area contributed by atoms with Crippen LogP contribution in [0.1, 0.15) is 45.0 Å². The first kappa shape index (κ1) is 17.2. The fourth-order valence-corrected chi connectivity index (χ4v) is 1.93. The third kappa shape index (κ3) is 4.31. The smallest absolute Gasteiger partial charge is 0.244 e. The lowest BCUT2D eigenvalue weighted by Crippen LogP contribution is -2.37. The number of nitrogens with zero attached hydrogens (tertiary/aromatic N) is 3. The van der Waals surface area contributed by atoms with Gasteiger partial charge in [-0.1, -0.05) is 13.8 Å². The normalized spacial score (nSPS) is 12.2. The summed E-state index contributed by atoms with van der Waals surface area (Å²) in [5.74, 6) is 2.55. The molecule has 0 aliphatic heterocycles. The number of rotatable bonds is 6. The minimum Gasteiger partial charge on any atom is -0.370 e. The first-order valence-corrected chi connectivity index (χ1v) is 7.38. The molecule has 1 heterocycles. The van der Waals surface area contributed by atoms with Gasteiger partial charge in [0.15, 0.2) is 0 Å². The highest BCUT2D eigenvalue weighted by molar-refractivity contribution is 5.84. The zero-order valence-electron chi connectivity index (χ0n) is 14.1. The van der Waals surface area contributed by atoms with E-state index in [2.05, 4.69) is 34.4 Å². The van der Waals surface area contributed by atoms with Crippen LogP contribution in [0.5, 0.6) is 0 Å². The summed E-state index contributed by atoms with van der Waals surface area (Å²) in [6, 6.07) is -0.330. The van der Waals surface area contributed by atoms with Crippen LogP contribution >= 0.6 is 0 Å². The largest absolute Gasteiger partial charge is 0.370 e. The van der Waals surface area contributed by atoms with Crippen molar-refractivity contribution in [1.29, 1.82) is 0 Å². The van der Waals surface area contributed by atoms with E-state index in [4.69, 9.17) is 0 Å². The first-order valence-electron chi connectivity index (χ1n) is 7.38. The molecule has 1 atom stereocenters. The second kappa shape index (κ2) is 7.24. The molecule has 0 aromatic carbocycles. The Hall–Kier alpha value is -1.85. The summed E-state index contributed by atoms with van der Waals surface area (Å²) >= 11 is 0. The van der Waals surface area contributed by atoms with Gasteiger partial charge in [0.25, 0.3) is 0 Å². The minimum atomic E-state index is -0.330. The van der Waals surface area contributed by atoms with Crippen molar-refractivity contribution in [2.75, 3.05) is 31.3 Å². The molecule has 0 spiro atoms. The molecule has 1 aromatic rings. The number of aromatic nitrogens is 2. The lowest BCUT2D eigenvalue weighted by Gasteiger charge is -2.21. The van der Waals surface area contributed by atoms with Crippen molar-refractivity contribution in [3.05, 3.63) is 11.4 Å². The summed E-state index contributed by atoms with van der Waals surface area (Å²) in [6.07, 6.45) is 0. The van der Waals surface area contributed by atoms with E-state index >= 15 is 0 Å². The standard InChI is InChI=1S/C15H27N5O/c1-8-16-13-10(4)14(19-12(18-13)9(2)3)17-11(5)15(21)20(6)7/h9,11H,8H2,1-7H3,(H2,16,17,18,19). The highest BCUT2D eigenvalue weighted by atomic mass is 16.2. The molecule has 1 unspecified atom stereocenters. The number of amides is 1. The molecule has 0 bridgehead atoms. The lowest BCUT2D eigenvalue weighted by atomic mass is 10.2. The third-order valence-electron chi connectivity index (χ3n) is 3.19. The molecule has 118 valence electrons. The summed E-state index contributed by atoms with van der Waals surface area (Å²) in [5, 5.41) is 6.45. The summed E-state index contributed by atoms with van der Waals surface area (Å²) in [7, 11) is 3.49. The lowest BCUT2D eigenvalue weighted by molar-refractivity contribution is -0.129. The maximum Gasteiger partial charge on any atom is 0.244 e. The predicted molar refractivity (Wildman–Crippen MR) is 86.8 cm³/mol. The van der Waals surface area contributed by atoms with Crippen molar-refractivity contribution in [2.45, 2.75) is 46.6 Å². The van der Waals surface area contributed by atoms with E-state index < -0.39 is 0 Å². The molecule has 21 heavy (non-hydrogen) atoms. The van der Waals surface area contributed by atoms with Crippen molar-refractivity contribution in [3.63, 3.8) is 0 Å². The van der Waals surface area contributed by atoms with Gasteiger partial charge >= 0.3 is 0 Å². The van der Waals surface area contributed by atoms with Crippen LogP contribution in [0.4, 0.5) is 11.6 Å². The molecule has 6 nitrogen and oxygen atoms in total. The van der Waals surface area contributed by atoms with Crippen molar-refractivity contribution in [1.82, 2.24) is 14.9 Å². The zero-order chi connectivity index (χ0) is 16.2. The van der Waals surface area contributed by atoms with Crippen LogP contribution in [0.2, 0.25) is 0 Å². The van der Waals surface area contributed by atoms with Crippen molar-refractivity contribution < 1.29 is 4.79 Å². The van der Waals surface area contributed by atoms with Crippen LogP contribution in [-0.4, -0.2) is 47.5 Å². The van der Waals surface area contributed by atoms with Gasteiger partial charge in [-0.25, -0.2) is 9.97 Å². The maximum atomic E-state index is 12.0. The minimum absolute atomic E-state index is 0.0177. The number of hydrogen-bond acceptors (Lipinski definition) is 5. The quantitative estimate of drug-likeness (QED) is 0.841. The van der Waals surface area contributed by atoms with Gasteiger partial charge in [-0.05, 0) is 20.8 Å². The van der Waals surface area contributed by atoms with Gasteiger partial charge in [-0.3, -0.25) is 4.79 Å². The Morgan fingerprint density at radius 3 is 2.24 bits per heavy atom. The van der Waals surface area contributed by atoms with E-state index in [0.717, 1.165) is 23.8 Å². The highest BCUT2D eigenvalue weighted by Gasteiger charge is 2.19. The van der Waals surface area contributed by atoms with Crippen molar-refractivity contribution in [3.8, 4) is 0 Å². The van der Waals surface area contributed by atoms with Gasteiger partial charge in [0.05, 0.1) is 0 Å². The Kier molecular flexibility index (Phi) is 5.93. The van der Waals surface area contributed by atoms with Crippen LogP contribution in [0.25, 0.3) is 0 Å². The third-order valence-corrected chi connectivity index (χ3v) is 3.19. The number of carbonyl (C=O) groups excluding carboxylic acids is 1. The molecule has 6 heteroatoms. The molecule has 0 aliphatic carbocycles. The fourth-order valence-electron chi connectivity index (χ4n) is 1.93. The SMILES string of the molecule is CCNc1nc(C(C)C)nc(NC(C)C(=O)N(C)C)c1C. The molecule has 0 fully saturated rings. The number of hydrogen-bond donors (Lipinski definition) is 2. The van der Waals surface area contributed by atoms with Gasteiger partial charge in [0.1, 0.15) is 23.5 Å². The molecule has 1 rings (SSSR count). The number of carbonyl (C=O) groups is 1. The van der Waals surface area contributed by atoms with E-state index in [1.807, 2.05) is 20.8 Å². The van der Waals surface area contributed by atoms with Gasteiger partial charge in [-0.15, -0.1) is 0 Å². The van der Waals surface area contributed by atoms with Gasteiger partial charge < -0.3 is 15.5 Å². The molecule has 1 aromatic heterocycles. The summed E-state index contributed by atoms with van der Waals surface area (Å²) in [4.78, 5) is 22.7. The summed E-state index contributed by atoms with van der Waals surface area (Å²) < 4.78 is 0. The summed E-state index contributed by atoms with van der Waals surface area (Å²) in [6.45, 7) is 10.7. The summed E-state index contributed by atoms with van der Waals surface area (Å²) in [5.41, 5.74) is 0.930. The van der Waals surface area contributed by atoms with E-state index in [0.29, 0.717) is 5.82 Å². The maximum absolute atomic E-state index is 12.0. The predicted octanol–water partition coefficient (Wildman–Crippen LogP) is 2.23. The molecule has 1 amide bonds. The molecule has 2 N–H and O–H groups in total. The van der Waals surface area contributed by atoms with Gasteiger partial charge in [0.2, 0.25) is 5.91 Å². The average molecular weight is 293 g/mol. The van der Waals surface area contributed by atoms with Gasteiger partial charge in [-0.2, -0.15) is 0 Å². The molecular formula is C15H27N5O. The first-order chi connectivity index (χ1) is 9.77. The van der Waals surface area contributed by atoms with Crippen LogP contribution in [0.3, 0.4) is 0 Å². The second-order valence-corrected chi connectivity index (χ2v) is 5.69. The van der Waals surface area contributed by atoms with Crippen LogP contribution < -0.4 is 10.6 Å². The Bertz CT molecular complexity index is 499. The topological polar surface area (TPSA) is 70.1 Å². The second-order valence-electron chi connectivity index (χ2n) is 5.69. The Morgan fingerprint density at radius 2 is 1.76 bits per heavy atom. The Labute approximate surface area is 127 Å². The molecule has 0 radical (unpaired) electrons.